The van der Waals surface area contributed by atoms with Crippen LogP contribution in [0, 0.1) is 37.8 Å². The number of hydrogen-bond acceptors (Lipinski definition) is 7. The van der Waals surface area contributed by atoms with Crippen LogP contribution in [-0.4, -0.2) is 29.8 Å². The first-order chi connectivity index (χ1) is 16.0. The Hall–Kier alpha value is -4.05. The van der Waals surface area contributed by atoms with Crippen molar-refractivity contribution < 1.29 is 24.0 Å². The van der Waals surface area contributed by atoms with E-state index in [0.717, 1.165) is 28.5 Å². The monoisotopic (exact) mass is 481 g/mol. The van der Waals surface area contributed by atoms with Crippen molar-refractivity contribution in [3.05, 3.63) is 84.8 Å². The number of thiophene rings is 1. The Bertz CT molecular complexity index is 1330. The van der Waals surface area contributed by atoms with Crippen molar-refractivity contribution in [2.75, 3.05) is 17.7 Å². The number of anilines is 2. The summed E-state index contributed by atoms with van der Waals surface area (Å²) >= 11 is 0.925. The van der Waals surface area contributed by atoms with Gasteiger partial charge in [-0.1, -0.05) is 18.2 Å². The summed E-state index contributed by atoms with van der Waals surface area (Å²) in [4.78, 5) is 49.2. The van der Waals surface area contributed by atoms with Crippen molar-refractivity contribution in [3.63, 3.8) is 0 Å². The number of nitro benzene ring substituents is 1. The minimum atomic E-state index is -0.718. The number of hydrogen-bond donors (Lipinski definition) is 2. The molecule has 0 saturated carbocycles. The Morgan fingerprint density at radius 1 is 0.941 bits per heavy atom. The summed E-state index contributed by atoms with van der Waals surface area (Å²) in [5, 5.41) is 16.8. The van der Waals surface area contributed by atoms with Crippen LogP contribution < -0.4 is 10.6 Å². The number of nitro groups is 1. The van der Waals surface area contributed by atoms with E-state index in [-0.39, 0.29) is 26.7 Å². The number of aryl methyl sites for hydroxylation is 3. The first-order valence-electron chi connectivity index (χ1n) is 10.2. The first-order valence-corrected chi connectivity index (χ1v) is 11.0. The standard InChI is InChI=1S/C24H23N3O6S/c1-12-6-7-13(2)17(10-12)25-22(29)20-15(4)19(24(30)33-5)23(34-20)26-21(28)16-9-8-14(3)18(11-16)27(31)32/h6-11H,1-5H3,(H,25,29)(H,26,28). The second-order valence-corrected chi connectivity index (χ2v) is 8.76. The van der Waals surface area contributed by atoms with Gasteiger partial charge in [-0.05, 0) is 56.5 Å². The maximum absolute atomic E-state index is 13.0. The van der Waals surface area contributed by atoms with Crippen LogP contribution in [-0.2, 0) is 4.74 Å². The van der Waals surface area contributed by atoms with Gasteiger partial charge in [-0.2, -0.15) is 0 Å². The summed E-state index contributed by atoms with van der Waals surface area (Å²) in [7, 11) is 1.20. The molecule has 34 heavy (non-hydrogen) atoms. The molecule has 9 nitrogen and oxygen atoms in total. The molecular weight excluding hydrogens is 458 g/mol. The number of nitrogens with one attached hydrogen (secondary N) is 2. The number of amides is 2. The number of rotatable bonds is 6. The number of methoxy groups -OCH3 is 1. The highest BCUT2D eigenvalue weighted by Gasteiger charge is 2.27. The molecule has 0 atom stereocenters. The SMILES string of the molecule is COC(=O)c1c(NC(=O)c2ccc(C)c([N+](=O)[O-])c2)sc(C(=O)Nc2cc(C)ccc2C)c1C. The molecule has 0 unspecified atom stereocenters. The first kappa shape index (κ1) is 24.6. The minimum absolute atomic E-state index is 0.0422. The van der Waals surface area contributed by atoms with Gasteiger partial charge in [-0.3, -0.25) is 19.7 Å². The van der Waals surface area contributed by atoms with E-state index in [4.69, 9.17) is 4.74 Å². The van der Waals surface area contributed by atoms with E-state index < -0.39 is 22.7 Å². The second-order valence-electron chi connectivity index (χ2n) is 7.74. The molecular formula is C24H23N3O6S. The number of carbonyl (C=O) groups is 3. The predicted molar refractivity (Wildman–Crippen MR) is 130 cm³/mol. The van der Waals surface area contributed by atoms with Crippen LogP contribution in [0.15, 0.2) is 36.4 Å². The zero-order chi connectivity index (χ0) is 25.2. The lowest BCUT2D eigenvalue weighted by Crippen LogP contribution is -2.15. The third-order valence-corrected chi connectivity index (χ3v) is 6.48. The molecule has 2 aromatic carbocycles. The molecule has 1 heterocycles. The van der Waals surface area contributed by atoms with Crippen molar-refractivity contribution in [1.82, 2.24) is 0 Å². The van der Waals surface area contributed by atoms with Gasteiger partial charge in [0, 0.05) is 22.9 Å². The van der Waals surface area contributed by atoms with Gasteiger partial charge in [-0.15, -0.1) is 11.3 Å². The topological polar surface area (TPSA) is 128 Å². The molecule has 0 radical (unpaired) electrons. The molecule has 0 aliphatic rings. The normalized spacial score (nSPS) is 10.5. The number of benzene rings is 2. The van der Waals surface area contributed by atoms with E-state index >= 15 is 0 Å². The van der Waals surface area contributed by atoms with Crippen LogP contribution in [0.25, 0.3) is 0 Å². The Kier molecular flexibility index (Phi) is 7.11. The van der Waals surface area contributed by atoms with Gasteiger partial charge >= 0.3 is 5.97 Å². The molecule has 0 bridgehead atoms. The second kappa shape index (κ2) is 9.84. The van der Waals surface area contributed by atoms with E-state index in [1.54, 1.807) is 13.8 Å². The Balaban J connectivity index is 1.97. The number of nitrogens with zero attached hydrogens (tertiary/aromatic N) is 1. The molecule has 2 N–H and O–H groups in total. The van der Waals surface area contributed by atoms with Crippen LogP contribution >= 0.6 is 11.3 Å². The summed E-state index contributed by atoms with van der Waals surface area (Å²) in [6.45, 7) is 6.93. The lowest BCUT2D eigenvalue weighted by molar-refractivity contribution is -0.385. The molecule has 3 rings (SSSR count). The molecule has 0 aliphatic heterocycles. The van der Waals surface area contributed by atoms with Crippen molar-refractivity contribution in [2.24, 2.45) is 0 Å². The molecule has 0 saturated heterocycles. The van der Waals surface area contributed by atoms with Gasteiger partial charge in [0.15, 0.2) is 0 Å². The number of esters is 1. The largest absolute Gasteiger partial charge is 0.465 e. The lowest BCUT2D eigenvalue weighted by atomic mass is 10.1. The van der Waals surface area contributed by atoms with Gasteiger partial charge in [-0.25, -0.2) is 4.79 Å². The Labute approximate surface area is 199 Å². The molecule has 1 aromatic heterocycles. The molecule has 176 valence electrons. The highest BCUT2D eigenvalue weighted by Crippen LogP contribution is 2.35. The average molecular weight is 482 g/mol. The van der Waals surface area contributed by atoms with E-state index in [1.165, 1.54) is 19.2 Å². The van der Waals surface area contributed by atoms with Crippen molar-refractivity contribution in [2.45, 2.75) is 27.7 Å². The highest BCUT2D eigenvalue weighted by molar-refractivity contribution is 7.19. The maximum Gasteiger partial charge on any atom is 0.341 e. The average Bonchev–Trinajstić information content (AvgIpc) is 3.11. The Morgan fingerprint density at radius 3 is 2.26 bits per heavy atom. The minimum Gasteiger partial charge on any atom is -0.465 e. The van der Waals surface area contributed by atoms with E-state index in [1.807, 2.05) is 32.0 Å². The van der Waals surface area contributed by atoms with Crippen LogP contribution in [0.4, 0.5) is 16.4 Å². The van der Waals surface area contributed by atoms with Crippen molar-refractivity contribution >= 4 is 45.5 Å². The molecule has 0 fully saturated rings. The van der Waals surface area contributed by atoms with Crippen molar-refractivity contribution in [3.8, 4) is 0 Å². The van der Waals surface area contributed by atoms with Gasteiger partial charge < -0.3 is 15.4 Å². The van der Waals surface area contributed by atoms with Crippen LogP contribution in [0.1, 0.15) is 52.6 Å². The van der Waals surface area contributed by atoms with Gasteiger partial charge in [0.2, 0.25) is 0 Å². The smallest absolute Gasteiger partial charge is 0.341 e. The summed E-state index contributed by atoms with van der Waals surface area (Å²) in [6, 6.07) is 9.74. The third kappa shape index (κ3) is 4.96. The maximum atomic E-state index is 13.0. The van der Waals surface area contributed by atoms with Crippen LogP contribution in [0.2, 0.25) is 0 Å². The molecule has 0 spiro atoms. The van der Waals surface area contributed by atoms with Crippen molar-refractivity contribution in [1.29, 1.82) is 0 Å². The molecule has 3 aromatic rings. The molecule has 0 aliphatic carbocycles. The van der Waals surface area contributed by atoms with Gasteiger partial charge in [0.25, 0.3) is 17.5 Å². The summed E-state index contributed by atoms with van der Waals surface area (Å²) in [5.41, 5.74) is 3.13. The van der Waals surface area contributed by atoms with Gasteiger partial charge in [0.05, 0.1) is 22.5 Å². The molecule has 10 heteroatoms. The van der Waals surface area contributed by atoms with E-state index in [2.05, 4.69) is 10.6 Å². The number of carbonyl (C=O) groups excluding carboxylic acids is 3. The fourth-order valence-electron chi connectivity index (χ4n) is 3.34. The fourth-order valence-corrected chi connectivity index (χ4v) is 4.42. The van der Waals surface area contributed by atoms with Crippen LogP contribution in [0.3, 0.4) is 0 Å². The zero-order valence-corrected chi connectivity index (χ0v) is 20.1. The lowest BCUT2D eigenvalue weighted by Gasteiger charge is -2.09. The zero-order valence-electron chi connectivity index (χ0n) is 19.3. The molecule has 2 amide bonds. The summed E-state index contributed by atoms with van der Waals surface area (Å²) in [6.07, 6.45) is 0. The van der Waals surface area contributed by atoms with E-state index in [9.17, 15) is 24.5 Å². The number of ether oxygens (including phenoxy) is 1. The van der Waals surface area contributed by atoms with E-state index in [0.29, 0.717) is 16.8 Å². The predicted octanol–water partition coefficient (Wildman–Crippen LogP) is 5.18. The fraction of sp³-hybridized carbons (Fsp3) is 0.208. The third-order valence-electron chi connectivity index (χ3n) is 5.28. The highest BCUT2D eigenvalue weighted by atomic mass is 32.1. The summed E-state index contributed by atoms with van der Waals surface area (Å²) < 4.78 is 4.85. The van der Waals surface area contributed by atoms with Gasteiger partial charge in [0.1, 0.15) is 5.00 Å². The summed E-state index contributed by atoms with van der Waals surface area (Å²) in [5.74, 6) is -1.81. The quantitative estimate of drug-likeness (QED) is 0.284. The van der Waals surface area contributed by atoms with Crippen LogP contribution in [0.5, 0.6) is 0 Å². The Morgan fingerprint density at radius 2 is 1.62 bits per heavy atom.